The van der Waals surface area contributed by atoms with Crippen LogP contribution in [0.15, 0.2) is 0 Å². The molecule has 0 aliphatic rings. The molecule has 0 fully saturated rings. The fraction of sp³-hybridized carbons (Fsp3) is 1.00. The lowest BCUT2D eigenvalue weighted by Gasteiger charge is -1.88. The summed E-state index contributed by atoms with van der Waals surface area (Å²) >= 11 is -13.7. The van der Waals surface area contributed by atoms with Crippen molar-refractivity contribution in [2.45, 2.75) is 12.8 Å². The van der Waals surface area contributed by atoms with Crippen molar-refractivity contribution in [1.29, 1.82) is 0 Å². The predicted molar refractivity (Wildman–Crippen MR) is 46.6 cm³/mol. The van der Waals surface area contributed by atoms with E-state index in [1.807, 2.05) is 0 Å². The van der Waals surface area contributed by atoms with Crippen LogP contribution in [0.25, 0.3) is 0 Å². The molecule has 0 aliphatic heterocycles. The quantitative estimate of drug-likeness (QED) is 0.330. The van der Waals surface area contributed by atoms with E-state index in [-0.39, 0.29) is 0 Å². The van der Waals surface area contributed by atoms with E-state index in [1.165, 1.54) is 0 Å². The zero-order chi connectivity index (χ0) is 13.8. The van der Waals surface area contributed by atoms with Gasteiger partial charge in [-0.05, 0) is 0 Å². The van der Waals surface area contributed by atoms with Gasteiger partial charge in [-0.15, -0.1) is 0 Å². The molecule has 0 amide bonds. The Morgan fingerprint density at radius 2 is 0.688 bits per heavy atom. The van der Waals surface area contributed by atoms with Gasteiger partial charge in [-0.25, -0.2) is 0 Å². The van der Waals surface area contributed by atoms with E-state index in [1.54, 1.807) is 0 Å². The summed E-state index contributed by atoms with van der Waals surface area (Å²) in [6, 6.07) is 0. The molecule has 0 radical (unpaired) electrons. The van der Waals surface area contributed by atoms with Crippen LogP contribution < -0.4 is 0 Å². The van der Waals surface area contributed by atoms with Crippen LogP contribution in [0.5, 0.6) is 0 Å². The minimum atomic E-state index is -6.83. The van der Waals surface area contributed by atoms with Crippen molar-refractivity contribution in [2.75, 3.05) is 13.2 Å². The van der Waals surface area contributed by atoms with E-state index in [9.17, 15) is 28.2 Å². The third kappa shape index (κ3) is 222. The molecule has 0 aromatic rings. The average Bonchev–Trinajstić information content (AvgIpc) is 1.94. The van der Waals surface area contributed by atoms with Gasteiger partial charge in [0.2, 0.25) is 0 Å². The fourth-order valence-electron chi connectivity index (χ4n) is 0.250. The van der Waals surface area contributed by atoms with Gasteiger partial charge in [0.25, 0.3) is 0 Å². The molecule has 4 N–H and O–H groups in total. The zero-order valence-corrected chi connectivity index (χ0v) is 10.3. The lowest BCUT2D eigenvalue weighted by Crippen LogP contribution is -2.02. The summed E-state index contributed by atoms with van der Waals surface area (Å²) in [7, 11) is 0. The van der Waals surface area contributed by atoms with Crippen LogP contribution in [0.1, 0.15) is 12.8 Å². The van der Waals surface area contributed by atoms with Crippen LogP contribution in [-0.4, -0.2) is 53.3 Å². The summed E-state index contributed by atoms with van der Waals surface area (Å²) in [5.74, 6) is 0. The van der Waals surface area contributed by atoms with E-state index < -0.39 is 29.8 Å². The SMILES string of the molecule is [F][Al-]([F])([F])[F].[F][Al-]([F])([F])[F].[OH2+]CCCC[OH2+]. The highest BCUT2D eigenvalue weighted by atomic mass is 27.5. The molecular formula is C4H12Al2F8O2. The van der Waals surface area contributed by atoms with E-state index >= 15 is 0 Å². The van der Waals surface area contributed by atoms with Gasteiger partial charge in [0.15, 0.2) is 0 Å². The highest BCUT2D eigenvalue weighted by Crippen LogP contribution is 2.07. The minimum absolute atomic E-state index is 0.485. The maximum atomic E-state index is 9.85. The molecule has 0 saturated heterocycles. The van der Waals surface area contributed by atoms with E-state index in [4.69, 9.17) is 10.2 Å². The zero-order valence-electron chi connectivity index (χ0n) is 8.01. The highest BCUT2D eigenvalue weighted by molar-refractivity contribution is 6.50. The topological polar surface area (TPSA) is 45.8 Å². The molecule has 0 bridgehead atoms. The highest BCUT2D eigenvalue weighted by Gasteiger charge is 2.41. The second-order valence-corrected chi connectivity index (χ2v) is 4.18. The summed E-state index contributed by atoms with van der Waals surface area (Å²) in [5.41, 5.74) is 0. The lowest BCUT2D eigenvalue weighted by molar-refractivity contribution is 0.242. The lowest BCUT2D eigenvalue weighted by atomic mass is 10.3. The maximum Gasteiger partial charge on any atom is 1.04 e. The summed E-state index contributed by atoms with van der Waals surface area (Å²) in [6.07, 6.45) is 1.78. The molecule has 0 rings (SSSR count). The van der Waals surface area contributed by atoms with Crippen LogP contribution in [-0.2, 0) is 0 Å². The Labute approximate surface area is 94.7 Å². The molecule has 16 heavy (non-hydrogen) atoms. The Hall–Kier alpha value is 0.425. The van der Waals surface area contributed by atoms with Crippen molar-refractivity contribution in [3.05, 3.63) is 0 Å². The molecule has 2 nitrogen and oxygen atoms in total. The van der Waals surface area contributed by atoms with Crippen LogP contribution in [0.2, 0.25) is 0 Å². The first-order valence-electron chi connectivity index (χ1n) is 3.95. The summed E-state index contributed by atoms with van der Waals surface area (Å²) in [4.78, 5) is 0. The third-order valence-corrected chi connectivity index (χ3v) is 0.604. The summed E-state index contributed by atoms with van der Waals surface area (Å²) in [6.45, 7) is 0.970. The number of rotatable bonds is 3. The van der Waals surface area contributed by atoms with Gasteiger partial charge in [-0.2, -0.15) is 0 Å². The number of unbranched alkanes of at least 4 members (excludes halogenated alkanes) is 1. The Morgan fingerprint density at radius 3 is 0.750 bits per heavy atom. The molecule has 0 unspecified atom stereocenters. The van der Waals surface area contributed by atoms with Gasteiger partial charge in [0.05, 0.1) is 0 Å². The van der Waals surface area contributed by atoms with Crippen molar-refractivity contribution in [2.24, 2.45) is 0 Å². The van der Waals surface area contributed by atoms with Crippen LogP contribution in [0, 0.1) is 0 Å². The van der Waals surface area contributed by atoms with Gasteiger partial charge in [-0.1, -0.05) is 0 Å². The number of halogens is 8. The first kappa shape index (κ1) is 21.7. The van der Waals surface area contributed by atoms with Crippen LogP contribution in [0.4, 0.5) is 28.2 Å². The molecule has 0 aromatic carbocycles. The minimum Gasteiger partial charge on any atom is -0.510 e. The molecule has 0 aromatic heterocycles. The van der Waals surface area contributed by atoms with Crippen molar-refractivity contribution in [3.8, 4) is 0 Å². The molecule has 0 aliphatic carbocycles. The monoisotopic (exact) mass is 298 g/mol. The van der Waals surface area contributed by atoms with Crippen molar-refractivity contribution < 1.29 is 38.4 Å². The van der Waals surface area contributed by atoms with Gasteiger partial charge >= 0.3 is 29.8 Å². The molecule has 12 heteroatoms. The molecule has 0 spiro atoms. The van der Waals surface area contributed by atoms with Crippen LogP contribution >= 0.6 is 0 Å². The average molecular weight is 298 g/mol. The maximum absolute atomic E-state index is 9.85. The van der Waals surface area contributed by atoms with E-state index in [0.29, 0.717) is 13.2 Å². The third-order valence-electron chi connectivity index (χ3n) is 0.604. The van der Waals surface area contributed by atoms with E-state index in [0.717, 1.165) is 12.8 Å². The number of hydrogen-bond donors (Lipinski definition) is 0. The molecular weight excluding hydrogens is 286 g/mol. The second-order valence-electron chi connectivity index (χ2n) is 2.20. The van der Waals surface area contributed by atoms with Gasteiger partial charge < -0.3 is 38.4 Å². The van der Waals surface area contributed by atoms with Crippen molar-refractivity contribution in [3.63, 3.8) is 0 Å². The molecule has 102 valence electrons. The first-order valence-corrected chi connectivity index (χ1v) is 7.44. The fourth-order valence-corrected chi connectivity index (χ4v) is 0.250. The smallest absolute Gasteiger partial charge is 0.510 e. The molecule has 0 atom stereocenters. The van der Waals surface area contributed by atoms with Gasteiger partial charge in [0, 0.05) is 12.8 Å². The summed E-state index contributed by atoms with van der Waals surface area (Å²) in [5, 5.41) is 13.2. The Bertz CT molecular complexity index is 109. The first-order chi connectivity index (χ1) is 6.91. The number of hydrogen-bond acceptors (Lipinski definition) is 0. The van der Waals surface area contributed by atoms with Crippen molar-refractivity contribution >= 4 is 29.8 Å². The predicted octanol–water partition coefficient (Wildman–Crippen LogP) is 1.82. The van der Waals surface area contributed by atoms with E-state index in [2.05, 4.69) is 0 Å². The van der Waals surface area contributed by atoms with Crippen LogP contribution in [0.3, 0.4) is 0 Å². The Kier molecular flexibility index (Phi) is 16.1. The van der Waals surface area contributed by atoms with Gasteiger partial charge in [0.1, 0.15) is 13.2 Å². The Balaban J connectivity index is -0.000000160. The van der Waals surface area contributed by atoms with Crippen molar-refractivity contribution in [1.82, 2.24) is 0 Å². The normalized spacial score (nSPS) is 10.9. The molecule has 0 saturated carbocycles. The second kappa shape index (κ2) is 11.9. The van der Waals surface area contributed by atoms with Gasteiger partial charge in [-0.3, -0.25) is 0 Å². The largest absolute Gasteiger partial charge is 1.04 e. The summed E-state index contributed by atoms with van der Waals surface area (Å²) < 4.78 is 78.8. The standard InChI is InChI=1S/C4H10O2.2Al.8FH/c5-3-1-2-4-6;;;;;;;;;;/h5-6H,1-4H2;;;8*1H/q;2*+3;;;;;;;;/p-6. The Morgan fingerprint density at radius 1 is 0.562 bits per heavy atom. The molecule has 0 heterocycles.